The van der Waals surface area contributed by atoms with Gasteiger partial charge in [0.2, 0.25) is 5.91 Å². The molecule has 0 radical (unpaired) electrons. The summed E-state index contributed by atoms with van der Waals surface area (Å²) in [5.74, 6) is 0.775. The number of nitrogens with two attached hydrogens (primary N) is 1. The third-order valence-electron chi connectivity index (χ3n) is 2.99. The second kappa shape index (κ2) is 8.24. The van der Waals surface area contributed by atoms with E-state index in [2.05, 4.69) is 5.32 Å². The normalized spacial score (nSPS) is 10.5. The molecule has 112 valence electrons. The molecule has 5 nitrogen and oxygen atoms in total. The highest BCUT2D eigenvalue weighted by atomic mass is 16.5. The van der Waals surface area contributed by atoms with E-state index in [1.165, 1.54) is 0 Å². The van der Waals surface area contributed by atoms with Crippen molar-refractivity contribution >= 4 is 11.6 Å². The van der Waals surface area contributed by atoms with Crippen LogP contribution >= 0.6 is 0 Å². The van der Waals surface area contributed by atoms with Gasteiger partial charge < -0.3 is 20.2 Å². The number of carbonyl (C=O) groups is 1. The van der Waals surface area contributed by atoms with Crippen LogP contribution in [0.5, 0.6) is 0 Å². The molecule has 0 saturated heterocycles. The lowest BCUT2D eigenvalue weighted by molar-refractivity contribution is -0.116. The summed E-state index contributed by atoms with van der Waals surface area (Å²) in [6.07, 6.45) is 2.71. The van der Waals surface area contributed by atoms with Gasteiger partial charge in [-0.05, 0) is 36.2 Å². The van der Waals surface area contributed by atoms with Crippen molar-refractivity contribution in [3.05, 3.63) is 54.0 Å². The first-order valence-electron chi connectivity index (χ1n) is 6.97. The van der Waals surface area contributed by atoms with Crippen LogP contribution in [0.4, 0.5) is 5.69 Å². The summed E-state index contributed by atoms with van der Waals surface area (Å²) >= 11 is 0. The van der Waals surface area contributed by atoms with E-state index in [1.54, 1.807) is 6.26 Å². The van der Waals surface area contributed by atoms with Crippen LogP contribution < -0.4 is 11.1 Å². The predicted molar refractivity (Wildman–Crippen MR) is 80.6 cm³/mol. The molecule has 0 fully saturated rings. The fraction of sp³-hybridized carbons (Fsp3) is 0.312. The molecule has 2 rings (SSSR count). The summed E-state index contributed by atoms with van der Waals surface area (Å²) < 4.78 is 10.6. The Balaban J connectivity index is 1.60. The Morgan fingerprint density at radius 1 is 1.24 bits per heavy atom. The molecular formula is C16H20N2O3. The maximum Gasteiger partial charge on any atom is 0.224 e. The van der Waals surface area contributed by atoms with Gasteiger partial charge in [-0.3, -0.25) is 4.79 Å². The van der Waals surface area contributed by atoms with E-state index in [4.69, 9.17) is 14.9 Å². The van der Waals surface area contributed by atoms with Crippen molar-refractivity contribution in [2.24, 2.45) is 5.73 Å². The number of ether oxygens (including phenoxy) is 1. The van der Waals surface area contributed by atoms with E-state index in [9.17, 15) is 4.79 Å². The molecule has 0 aliphatic rings. The molecule has 5 heteroatoms. The summed E-state index contributed by atoms with van der Waals surface area (Å²) in [5, 5.41) is 2.84. The number of hydrogen-bond acceptors (Lipinski definition) is 4. The van der Waals surface area contributed by atoms with Crippen LogP contribution in [-0.2, 0) is 22.7 Å². The zero-order chi connectivity index (χ0) is 14.9. The van der Waals surface area contributed by atoms with Crippen LogP contribution in [0.1, 0.15) is 24.2 Å². The Morgan fingerprint density at radius 2 is 2.05 bits per heavy atom. The lowest BCUT2D eigenvalue weighted by Crippen LogP contribution is -2.12. The number of nitrogens with one attached hydrogen (secondary N) is 1. The molecule has 1 amide bonds. The molecule has 3 N–H and O–H groups in total. The molecule has 0 unspecified atom stereocenters. The first-order valence-corrected chi connectivity index (χ1v) is 6.97. The van der Waals surface area contributed by atoms with Crippen molar-refractivity contribution in [1.82, 2.24) is 0 Å². The number of benzene rings is 1. The highest BCUT2D eigenvalue weighted by Crippen LogP contribution is 2.10. The summed E-state index contributed by atoms with van der Waals surface area (Å²) in [5.41, 5.74) is 7.35. The number of anilines is 1. The number of amides is 1. The van der Waals surface area contributed by atoms with E-state index < -0.39 is 0 Å². The predicted octanol–water partition coefficient (Wildman–Crippen LogP) is 2.67. The van der Waals surface area contributed by atoms with Crippen LogP contribution in [0.15, 0.2) is 47.1 Å². The monoisotopic (exact) mass is 288 g/mol. The van der Waals surface area contributed by atoms with Crippen LogP contribution in [0.25, 0.3) is 0 Å². The fourth-order valence-electron chi connectivity index (χ4n) is 1.85. The minimum absolute atomic E-state index is 0.0166. The number of hydrogen-bond donors (Lipinski definition) is 2. The van der Waals surface area contributed by atoms with Crippen molar-refractivity contribution in [3.63, 3.8) is 0 Å². The average Bonchev–Trinajstić information content (AvgIpc) is 3.01. The van der Waals surface area contributed by atoms with Gasteiger partial charge in [0.05, 0.1) is 6.26 Å². The molecule has 0 spiro atoms. The Morgan fingerprint density at radius 3 is 2.71 bits per heavy atom. The Hall–Kier alpha value is -2.11. The van der Waals surface area contributed by atoms with E-state index in [0.717, 1.165) is 17.0 Å². The summed E-state index contributed by atoms with van der Waals surface area (Å²) in [4.78, 5) is 11.7. The second-order valence-electron chi connectivity index (χ2n) is 4.68. The Kier molecular flexibility index (Phi) is 5.99. The van der Waals surface area contributed by atoms with Crippen molar-refractivity contribution < 1.29 is 13.9 Å². The summed E-state index contributed by atoms with van der Waals surface area (Å²) in [6, 6.07) is 11.2. The van der Waals surface area contributed by atoms with Gasteiger partial charge in [-0.15, -0.1) is 0 Å². The smallest absolute Gasteiger partial charge is 0.224 e. The van der Waals surface area contributed by atoms with Gasteiger partial charge in [0, 0.05) is 25.3 Å². The Bertz CT molecular complexity index is 535. The molecule has 1 aromatic carbocycles. The quantitative estimate of drug-likeness (QED) is 0.732. The van der Waals surface area contributed by atoms with E-state index in [-0.39, 0.29) is 5.91 Å². The summed E-state index contributed by atoms with van der Waals surface area (Å²) in [6.45, 7) is 1.47. The SMILES string of the molecule is NCc1ccc(NC(=O)CCCOCc2ccco2)cc1. The molecule has 1 heterocycles. The highest BCUT2D eigenvalue weighted by Gasteiger charge is 2.03. The van der Waals surface area contributed by atoms with Gasteiger partial charge in [0.15, 0.2) is 0 Å². The van der Waals surface area contributed by atoms with Gasteiger partial charge >= 0.3 is 0 Å². The van der Waals surface area contributed by atoms with Gasteiger partial charge in [0.25, 0.3) is 0 Å². The molecule has 0 saturated carbocycles. The third kappa shape index (κ3) is 5.41. The maximum atomic E-state index is 11.7. The van der Waals surface area contributed by atoms with Gasteiger partial charge in [0.1, 0.15) is 12.4 Å². The largest absolute Gasteiger partial charge is 0.467 e. The zero-order valence-electron chi connectivity index (χ0n) is 11.9. The van der Waals surface area contributed by atoms with Crippen molar-refractivity contribution in [3.8, 4) is 0 Å². The van der Waals surface area contributed by atoms with E-state index >= 15 is 0 Å². The van der Waals surface area contributed by atoms with Crippen molar-refractivity contribution in [1.29, 1.82) is 0 Å². The zero-order valence-corrected chi connectivity index (χ0v) is 11.9. The number of furan rings is 1. The van der Waals surface area contributed by atoms with Gasteiger partial charge in [-0.1, -0.05) is 12.1 Å². The van der Waals surface area contributed by atoms with Crippen LogP contribution in [-0.4, -0.2) is 12.5 Å². The number of carbonyl (C=O) groups excluding carboxylic acids is 1. The van der Waals surface area contributed by atoms with Crippen LogP contribution in [0.3, 0.4) is 0 Å². The van der Waals surface area contributed by atoms with Gasteiger partial charge in [-0.25, -0.2) is 0 Å². The van der Waals surface area contributed by atoms with Crippen LogP contribution in [0, 0.1) is 0 Å². The van der Waals surface area contributed by atoms with Crippen LogP contribution in [0.2, 0.25) is 0 Å². The molecule has 0 aliphatic heterocycles. The molecule has 2 aromatic rings. The minimum Gasteiger partial charge on any atom is -0.467 e. The van der Waals surface area contributed by atoms with Crippen molar-refractivity contribution in [2.75, 3.05) is 11.9 Å². The van der Waals surface area contributed by atoms with E-state index in [0.29, 0.717) is 32.6 Å². The summed E-state index contributed by atoms with van der Waals surface area (Å²) in [7, 11) is 0. The van der Waals surface area contributed by atoms with E-state index in [1.807, 2.05) is 36.4 Å². The standard InChI is InChI=1S/C16H20N2O3/c17-11-13-5-7-14(8-6-13)18-16(19)4-2-9-20-12-15-3-1-10-21-15/h1,3,5-8,10H,2,4,9,11-12,17H2,(H,18,19). The molecule has 0 atom stereocenters. The Labute approximate surface area is 124 Å². The topological polar surface area (TPSA) is 77.5 Å². The molecular weight excluding hydrogens is 268 g/mol. The molecule has 0 bridgehead atoms. The second-order valence-corrected chi connectivity index (χ2v) is 4.68. The lowest BCUT2D eigenvalue weighted by atomic mass is 10.2. The van der Waals surface area contributed by atoms with Crippen molar-refractivity contribution in [2.45, 2.75) is 26.0 Å². The fourth-order valence-corrected chi connectivity index (χ4v) is 1.85. The lowest BCUT2D eigenvalue weighted by Gasteiger charge is -2.06. The van der Waals surface area contributed by atoms with Gasteiger partial charge in [-0.2, -0.15) is 0 Å². The first kappa shape index (κ1) is 15.3. The highest BCUT2D eigenvalue weighted by molar-refractivity contribution is 5.90. The molecule has 0 aliphatic carbocycles. The minimum atomic E-state index is -0.0166. The maximum absolute atomic E-state index is 11.7. The third-order valence-corrected chi connectivity index (χ3v) is 2.99. The molecule has 1 aromatic heterocycles. The average molecular weight is 288 g/mol. The first-order chi connectivity index (χ1) is 10.3. The molecule has 21 heavy (non-hydrogen) atoms. The number of rotatable bonds is 8.